The van der Waals surface area contributed by atoms with Gasteiger partial charge >= 0.3 is 0 Å². The van der Waals surface area contributed by atoms with Crippen LogP contribution in [0, 0.1) is 13.8 Å². The zero-order valence-corrected chi connectivity index (χ0v) is 12.0. The molecule has 1 saturated heterocycles. The predicted molar refractivity (Wildman–Crippen MR) is 77.6 cm³/mol. The van der Waals surface area contributed by atoms with E-state index in [0.29, 0.717) is 0 Å². The predicted octanol–water partition coefficient (Wildman–Crippen LogP) is 3.48. The molecular formula is C16H22N2O. The molecule has 1 aliphatic rings. The normalized spacial score (nSPS) is 23.9. The fourth-order valence-electron chi connectivity index (χ4n) is 3.21. The van der Waals surface area contributed by atoms with E-state index in [2.05, 4.69) is 38.2 Å². The Morgan fingerprint density at radius 3 is 2.89 bits per heavy atom. The SMILES string of the molecule is CCC1(c2nc3cc(C)cc(C)c3o2)CCCNC1. The quantitative estimate of drug-likeness (QED) is 0.896. The number of piperidine rings is 1. The molecule has 2 heterocycles. The summed E-state index contributed by atoms with van der Waals surface area (Å²) < 4.78 is 6.14. The van der Waals surface area contributed by atoms with Crippen LogP contribution in [0.15, 0.2) is 16.5 Å². The first-order chi connectivity index (χ1) is 9.14. The average molecular weight is 258 g/mol. The van der Waals surface area contributed by atoms with E-state index in [1.165, 1.54) is 24.0 Å². The van der Waals surface area contributed by atoms with E-state index in [1.807, 2.05) is 0 Å². The van der Waals surface area contributed by atoms with Crippen molar-refractivity contribution in [1.29, 1.82) is 0 Å². The number of rotatable bonds is 2. The van der Waals surface area contributed by atoms with Gasteiger partial charge in [-0.2, -0.15) is 0 Å². The van der Waals surface area contributed by atoms with Crippen LogP contribution in [0.3, 0.4) is 0 Å². The zero-order valence-electron chi connectivity index (χ0n) is 12.0. The lowest BCUT2D eigenvalue weighted by molar-refractivity contribution is 0.248. The van der Waals surface area contributed by atoms with Gasteiger partial charge in [-0.05, 0) is 56.8 Å². The summed E-state index contributed by atoms with van der Waals surface area (Å²) in [6.07, 6.45) is 3.44. The van der Waals surface area contributed by atoms with Crippen LogP contribution >= 0.6 is 0 Å². The summed E-state index contributed by atoms with van der Waals surface area (Å²) in [4.78, 5) is 4.79. The van der Waals surface area contributed by atoms with Crippen LogP contribution in [0.1, 0.15) is 43.2 Å². The topological polar surface area (TPSA) is 38.1 Å². The van der Waals surface area contributed by atoms with Gasteiger partial charge in [0, 0.05) is 6.54 Å². The Morgan fingerprint density at radius 1 is 1.37 bits per heavy atom. The molecule has 102 valence electrons. The molecule has 3 rings (SSSR count). The van der Waals surface area contributed by atoms with E-state index >= 15 is 0 Å². The van der Waals surface area contributed by atoms with E-state index in [-0.39, 0.29) is 5.41 Å². The number of nitrogens with zero attached hydrogens (tertiary/aromatic N) is 1. The molecule has 0 bridgehead atoms. The van der Waals surface area contributed by atoms with Crippen molar-refractivity contribution in [2.45, 2.75) is 45.4 Å². The molecule has 0 spiro atoms. The maximum absolute atomic E-state index is 6.14. The molecule has 2 aromatic rings. The Kier molecular flexibility index (Phi) is 3.09. The molecule has 1 aliphatic heterocycles. The van der Waals surface area contributed by atoms with Crippen molar-refractivity contribution in [3.63, 3.8) is 0 Å². The summed E-state index contributed by atoms with van der Waals surface area (Å²) in [5, 5.41) is 3.50. The highest BCUT2D eigenvalue weighted by atomic mass is 16.3. The lowest BCUT2D eigenvalue weighted by Crippen LogP contribution is -2.43. The largest absolute Gasteiger partial charge is 0.440 e. The molecule has 3 nitrogen and oxygen atoms in total. The van der Waals surface area contributed by atoms with E-state index in [0.717, 1.165) is 36.5 Å². The summed E-state index contributed by atoms with van der Waals surface area (Å²) >= 11 is 0. The molecule has 0 aliphatic carbocycles. The minimum Gasteiger partial charge on any atom is -0.440 e. The highest BCUT2D eigenvalue weighted by Gasteiger charge is 2.37. The van der Waals surface area contributed by atoms with Gasteiger partial charge in [0.2, 0.25) is 5.89 Å². The minimum absolute atomic E-state index is 0.0810. The lowest BCUT2D eigenvalue weighted by atomic mass is 9.78. The van der Waals surface area contributed by atoms with Gasteiger partial charge in [0.05, 0.1) is 5.41 Å². The van der Waals surface area contributed by atoms with Crippen LogP contribution < -0.4 is 5.32 Å². The molecule has 1 unspecified atom stereocenters. The number of nitrogens with one attached hydrogen (secondary N) is 1. The third-order valence-corrected chi connectivity index (χ3v) is 4.42. The highest BCUT2D eigenvalue weighted by Crippen LogP contribution is 2.36. The zero-order chi connectivity index (χ0) is 13.5. The Hall–Kier alpha value is -1.35. The summed E-state index contributed by atoms with van der Waals surface area (Å²) in [7, 11) is 0. The number of benzene rings is 1. The van der Waals surface area contributed by atoms with E-state index in [1.54, 1.807) is 0 Å². The number of oxazole rings is 1. The van der Waals surface area contributed by atoms with Gasteiger partial charge in [-0.3, -0.25) is 0 Å². The molecule has 0 saturated carbocycles. The first-order valence-corrected chi connectivity index (χ1v) is 7.24. The molecule has 0 amide bonds. The maximum atomic E-state index is 6.14. The second-order valence-electron chi connectivity index (χ2n) is 5.86. The Bertz CT molecular complexity index is 594. The van der Waals surface area contributed by atoms with Crippen molar-refractivity contribution in [2.75, 3.05) is 13.1 Å². The number of hydrogen-bond acceptors (Lipinski definition) is 3. The molecule has 1 aromatic heterocycles. The first-order valence-electron chi connectivity index (χ1n) is 7.24. The van der Waals surface area contributed by atoms with Gasteiger partial charge in [0.25, 0.3) is 0 Å². The van der Waals surface area contributed by atoms with Gasteiger partial charge in [-0.15, -0.1) is 0 Å². The van der Waals surface area contributed by atoms with Crippen LogP contribution in [0.2, 0.25) is 0 Å². The Morgan fingerprint density at radius 2 is 2.21 bits per heavy atom. The van der Waals surface area contributed by atoms with Gasteiger partial charge in [0.1, 0.15) is 5.52 Å². The molecule has 1 atom stereocenters. The summed E-state index contributed by atoms with van der Waals surface area (Å²) in [5.41, 5.74) is 4.48. The van der Waals surface area contributed by atoms with Crippen LogP contribution in [0.25, 0.3) is 11.1 Å². The molecule has 0 radical (unpaired) electrons. The maximum Gasteiger partial charge on any atom is 0.202 e. The Balaban J connectivity index is 2.11. The molecule has 1 fully saturated rings. The standard InChI is InChI=1S/C16H22N2O/c1-4-16(6-5-7-17-10-16)15-18-13-9-11(2)8-12(3)14(13)19-15/h8-9,17H,4-7,10H2,1-3H3. The summed E-state index contributed by atoms with van der Waals surface area (Å²) in [6, 6.07) is 4.28. The monoisotopic (exact) mass is 258 g/mol. The third kappa shape index (κ3) is 2.06. The third-order valence-electron chi connectivity index (χ3n) is 4.42. The van der Waals surface area contributed by atoms with Crippen molar-refractivity contribution >= 4 is 11.1 Å². The second kappa shape index (κ2) is 4.64. The van der Waals surface area contributed by atoms with E-state index in [4.69, 9.17) is 9.40 Å². The van der Waals surface area contributed by atoms with Gasteiger partial charge in [-0.1, -0.05) is 13.0 Å². The van der Waals surface area contributed by atoms with Crippen molar-refractivity contribution in [2.24, 2.45) is 0 Å². The average Bonchev–Trinajstić information content (AvgIpc) is 2.84. The van der Waals surface area contributed by atoms with Gasteiger partial charge < -0.3 is 9.73 Å². The first kappa shape index (κ1) is 12.7. The smallest absolute Gasteiger partial charge is 0.202 e. The molecule has 1 aromatic carbocycles. The summed E-state index contributed by atoms with van der Waals surface area (Å²) in [6.45, 7) is 8.54. The van der Waals surface area contributed by atoms with Crippen molar-refractivity contribution in [3.8, 4) is 0 Å². The number of aromatic nitrogens is 1. The van der Waals surface area contributed by atoms with Crippen LogP contribution in [0.5, 0.6) is 0 Å². The van der Waals surface area contributed by atoms with Crippen LogP contribution in [0.4, 0.5) is 0 Å². The minimum atomic E-state index is 0.0810. The molecule has 19 heavy (non-hydrogen) atoms. The van der Waals surface area contributed by atoms with Crippen LogP contribution in [-0.4, -0.2) is 18.1 Å². The van der Waals surface area contributed by atoms with Crippen molar-refractivity contribution < 1.29 is 4.42 Å². The van der Waals surface area contributed by atoms with Crippen molar-refractivity contribution in [3.05, 3.63) is 29.2 Å². The van der Waals surface area contributed by atoms with Gasteiger partial charge in [-0.25, -0.2) is 4.98 Å². The lowest BCUT2D eigenvalue weighted by Gasteiger charge is -2.33. The van der Waals surface area contributed by atoms with E-state index < -0.39 is 0 Å². The number of fused-ring (bicyclic) bond motifs is 1. The molecule has 1 N–H and O–H groups in total. The van der Waals surface area contributed by atoms with E-state index in [9.17, 15) is 0 Å². The fraction of sp³-hybridized carbons (Fsp3) is 0.562. The highest BCUT2D eigenvalue weighted by molar-refractivity contribution is 5.77. The number of aryl methyl sites for hydroxylation is 2. The second-order valence-corrected chi connectivity index (χ2v) is 5.86. The fourth-order valence-corrected chi connectivity index (χ4v) is 3.21. The van der Waals surface area contributed by atoms with Crippen LogP contribution in [-0.2, 0) is 5.41 Å². The number of hydrogen-bond donors (Lipinski definition) is 1. The van der Waals surface area contributed by atoms with Crippen molar-refractivity contribution in [1.82, 2.24) is 10.3 Å². The summed E-state index contributed by atoms with van der Waals surface area (Å²) in [5.74, 6) is 0.922. The molecular weight excluding hydrogens is 236 g/mol. The molecule has 3 heteroatoms. The van der Waals surface area contributed by atoms with Gasteiger partial charge in [0.15, 0.2) is 5.58 Å². The Labute approximate surface area is 114 Å².